The van der Waals surface area contributed by atoms with Crippen molar-refractivity contribution in [1.82, 2.24) is 5.32 Å². The molecule has 0 radical (unpaired) electrons. The molecule has 6 heteroatoms. The summed E-state index contributed by atoms with van der Waals surface area (Å²) >= 11 is 5.84. The highest BCUT2D eigenvalue weighted by Crippen LogP contribution is 2.14. The van der Waals surface area contributed by atoms with Crippen LogP contribution in [0.2, 0.25) is 5.02 Å². The minimum atomic E-state index is -1.15. The van der Waals surface area contributed by atoms with Crippen molar-refractivity contribution >= 4 is 23.5 Å². The molecule has 0 fully saturated rings. The smallest absolute Gasteiger partial charge is 0.356 e. The highest BCUT2D eigenvalue weighted by molar-refractivity contribution is 6.33. The first-order valence-electron chi connectivity index (χ1n) is 4.76. The summed E-state index contributed by atoms with van der Waals surface area (Å²) in [7, 11) is 2.49. The Balaban J connectivity index is 2.78. The summed E-state index contributed by atoms with van der Waals surface area (Å²) in [6, 6.07) is 6.49. The molecule has 1 atom stereocenters. The van der Waals surface area contributed by atoms with Crippen LogP contribution in [0.1, 0.15) is 10.4 Å². The molecule has 1 amide bonds. The first-order valence-corrected chi connectivity index (χ1v) is 5.14. The van der Waals surface area contributed by atoms with Gasteiger partial charge in [-0.05, 0) is 12.1 Å². The third-order valence-electron chi connectivity index (χ3n) is 2.03. The van der Waals surface area contributed by atoms with Gasteiger partial charge in [-0.25, -0.2) is 4.79 Å². The second kappa shape index (κ2) is 6.22. The Bertz CT molecular complexity index is 422. The van der Waals surface area contributed by atoms with Gasteiger partial charge in [-0.3, -0.25) is 4.79 Å². The van der Waals surface area contributed by atoms with Crippen molar-refractivity contribution in [3.8, 4) is 0 Å². The summed E-state index contributed by atoms with van der Waals surface area (Å²) in [4.78, 5) is 23.0. The van der Waals surface area contributed by atoms with Gasteiger partial charge in [0.1, 0.15) is 0 Å². The van der Waals surface area contributed by atoms with E-state index in [4.69, 9.17) is 16.3 Å². The first-order chi connectivity index (χ1) is 8.10. The zero-order chi connectivity index (χ0) is 12.8. The van der Waals surface area contributed by atoms with E-state index in [0.29, 0.717) is 5.02 Å². The van der Waals surface area contributed by atoms with E-state index in [2.05, 4.69) is 10.1 Å². The van der Waals surface area contributed by atoms with E-state index in [-0.39, 0.29) is 5.56 Å². The molecule has 5 nitrogen and oxygen atoms in total. The van der Waals surface area contributed by atoms with Crippen LogP contribution in [0.3, 0.4) is 0 Å². The quantitative estimate of drug-likeness (QED) is 0.651. The zero-order valence-corrected chi connectivity index (χ0v) is 10.2. The number of nitrogens with one attached hydrogen (secondary N) is 1. The zero-order valence-electron chi connectivity index (χ0n) is 9.40. The van der Waals surface area contributed by atoms with Crippen LogP contribution in [-0.4, -0.2) is 32.3 Å². The number of benzene rings is 1. The third kappa shape index (κ3) is 3.44. The fourth-order valence-corrected chi connectivity index (χ4v) is 1.38. The van der Waals surface area contributed by atoms with E-state index in [1.165, 1.54) is 14.2 Å². The third-order valence-corrected chi connectivity index (χ3v) is 2.36. The molecular formula is C11H12ClNO4. The van der Waals surface area contributed by atoms with E-state index >= 15 is 0 Å². The van der Waals surface area contributed by atoms with Gasteiger partial charge in [-0.2, -0.15) is 0 Å². The molecule has 0 aliphatic carbocycles. The molecule has 92 valence electrons. The van der Waals surface area contributed by atoms with Gasteiger partial charge >= 0.3 is 5.97 Å². The Morgan fingerprint density at radius 1 is 1.29 bits per heavy atom. The van der Waals surface area contributed by atoms with Crippen LogP contribution in [0.25, 0.3) is 0 Å². The average Bonchev–Trinajstić information content (AvgIpc) is 2.35. The van der Waals surface area contributed by atoms with E-state index < -0.39 is 18.1 Å². The van der Waals surface area contributed by atoms with Crippen LogP contribution in [0, 0.1) is 0 Å². The molecule has 0 bridgehead atoms. The Kier molecular flexibility index (Phi) is 4.93. The van der Waals surface area contributed by atoms with Gasteiger partial charge in [-0.15, -0.1) is 0 Å². The lowest BCUT2D eigenvalue weighted by Gasteiger charge is -2.14. The SMILES string of the molecule is COC(=O)C(NC(=O)c1ccccc1Cl)OC. The fraction of sp³-hybridized carbons (Fsp3) is 0.273. The lowest BCUT2D eigenvalue weighted by molar-refractivity contribution is -0.153. The van der Waals surface area contributed by atoms with Crippen LogP contribution in [0.15, 0.2) is 24.3 Å². The highest BCUT2D eigenvalue weighted by Gasteiger charge is 2.22. The molecule has 0 heterocycles. The molecular weight excluding hydrogens is 246 g/mol. The molecule has 0 saturated carbocycles. The van der Waals surface area contributed by atoms with Gasteiger partial charge < -0.3 is 14.8 Å². The number of ether oxygens (including phenoxy) is 2. The summed E-state index contributed by atoms with van der Waals surface area (Å²) in [5, 5.41) is 2.65. The van der Waals surface area contributed by atoms with Gasteiger partial charge in [0.25, 0.3) is 5.91 Å². The van der Waals surface area contributed by atoms with Crippen molar-refractivity contribution in [2.45, 2.75) is 6.23 Å². The molecule has 1 aromatic rings. The number of hydrogen-bond donors (Lipinski definition) is 1. The standard InChI is InChI=1S/C11H12ClNO4/c1-16-10(11(15)17-2)13-9(14)7-5-3-4-6-8(7)12/h3-6,10H,1-2H3,(H,13,14). The van der Waals surface area contributed by atoms with Crippen LogP contribution in [0.5, 0.6) is 0 Å². The maximum atomic E-state index is 11.8. The maximum Gasteiger partial charge on any atom is 0.356 e. The first kappa shape index (κ1) is 13.5. The Labute approximate surface area is 104 Å². The van der Waals surface area contributed by atoms with Crippen LogP contribution in [0.4, 0.5) is 0 Å². The molecule has 1 rings (SSSR count). The van der Waals surface area contributed by atoms with Crippen LogP contribution >= 0.6 is 11.6 Å². The van der Waals surface area contributed by atoms with E-state index in [9.17, 15) is 9.59 Å². The summed E-state index contributed by atoms with van der Waals surface area (Å²) in [6.45, 7) is 0. The highest BCUT2D eigenvalue weighted by atomic mass is 35.5. The predicted octanol–water partition coefficient (Wildman–Crippen LogP) is 1.22. The van der Waals surface area contributed by atoms with Crippen molar-refractivity contribution in [1.29, 1.82) is 0 Å². The van der Waals surface area contributed by atoms with Crippen molar-refractivity contribution < 1.29 is 19.1 Å². The lowest BCUT2D eigenvalue weighted by Crippen LogP contribution is -2.42. The van der Waals surface area contributed by atoms with Gasteiger partial charge in [0.2, 0.25) is 6.23 Å². The number of amides is 1. The van der Waals surface area contributed by atoms with Gasteiger partial charge in [0.05, 0.1) is 17.7 Å². The fourth-order valence-electron chi connectivity index (χ4n) is 1.16. The molecule has 0 aliphatic rings. The number of halogens is 1. The van der Waals surface area contributed by atoms with Crippen molar-refractivity contribution in [2.24, 2.45) is 0 Å². The van der Waals surface area contributed by atoms with Crippen LogP contribution < -0.4 is 5.32 Å². The summed E-state index contributed by atoms with van der Waals surface area (Å²) < 4.78 is 9.24. The minimum Gasteiger partial charge on any atom is -0.466 e. The lowest BCUT2D eigenvalue weighted by atomic mass is 10.2. The number of carbonyl (C=O) groups excluding carboxylic acids is 2. The maximum absolute atomic E-state index is 11.8. The molecule has 0 aliphatic heterocycles. The number of esters is 1. The van der Waals surface area contributed by atoms with Gasteiger partial charge in [-0.1, -0.05) is 23.7 Å². The number of hydrogen-bond acceptors (Lipinski definition) is 4. The van der Waals surface area contributed by atoms with Crippen molar-refractivity contribution in [2.75, 3.05) is 14.2 Å². The van der Waals surface area contributed by atoms with Crippen molar-refractivity contribution in [3.63, 3.8) is 0 Å². The molecule has 0 spiro atoms. The average molecular weight is 258 g/mol. The summed E-state index contributed by atoms with van der Waals surface area (Å²) in [5.74, 6) is -1.19. The van der Waals surface area contributed by atoms with E-state index in [1.807, 2.05) is 0 Å². The monoisotopic (exact) mass is 257 g/mol. The number of methoxy groups -OCH3 is 2. The normalized spacial score (nSPS) is 11.7. The molecule has 1 aromatic carbocycles. The Hall–Kier alpha value is -1.59. The van der Waals surface area contributed by atoms with Gasteiger partial charge in [0, 0.05) is 7.11 Å². The topological polar surface area (TPSA) is 64.6 Å². The summed E-state index contributed by atoms with van der Waals surface area (Å²) in [6.07, 6.45) is -1.15. The Morgan fingerprint density at radius 2 is 1.94 bits per heavy atom. The number of rotatable bonds is 4. The largest absolute Gasteiger partial charge is 0.466 e. The summed E-state index contributed by atoms with van der Waals surface area (Å²) in [5.41, 5.74) is 0.264. The van der Waals surface area contributed by atoms with E-state index in [1.54, 1.807) is 24.3 Å². The molecule has 0 saturated heterocycles. The molecule has 0 aromatic heterocycles. The van der Waals surface area contributed by atoms with Crippen molar-refractivity contribution in [3.05, 3.63) is 34.9 Å². The minimum absolute atomic E-state index is 0.264. The number of carbonyl (C=O) groups is 2. The van der Waals surface area contributed by atoms with Crippen LogP contribution in [-0.2, 0) is 14.3 Å². The Morgan fingerprint density at radius 3 is 2.47 bits per heavy atom. The molecule has 1 N–H and O–H groups in total. The van der Waals surface area contributed by atoms with Gasteiger partial charge in [0.15, 0.2) is 0 Å². The molecule has 1 unspecified atom stereocenters. The van der Waals surface area contributed by atoms with E-state index in [0.717, 1.165) is 0 Å². The second-order valence-electron chi connectivity index (χ2n) is 3.09. The predicted molar refractivity (Wildman–Crippen MR) is 61.7 cm³/mol. The molecule has 17 heavy (non-hydrogen) atoms. The second-order valence-corrected chi connectivity index (χ2v) is 3.50.